The minimum Gasteiger partial charge on any atom is -0.290 e. The molecule has 18 heavy (non-hydrogen) atoms. The molecule has 3 aromatic carbocycles. The first-order valence-corrected chi connectivity index (χ1v) is 6.01. The van der Waals surface area contributed by atoms with Gasteiger partial charge in [0.05, 0.1) is 0 Å². The van der Waals surface area contributed by atoms with E-state index in [-0.39, 0.29) is 5.43 Å². The third-order valence-corrected chi connectivity index (χ3v) is 3.59. The average Bonchev–Trinajstić information content (AvgIpc) is 2.57. The first-order valence-electron chi connectivity index (χ1n) is 6.01. The predicted molar refractivity (Wildman–Crippen MR) is 74.6 cm³/mol. The highest BCUT2D eigenvalue weighted by atomic mass is 16.1. The highest BCUT2D eigenvalue weighted by Crippen LogP contribution is 2.45. The fraction of sp³-hybridized carbons (Fsp3) is 0. The average molecular weight is 230 g/mol. The van der Waals surface area contributed by atoms with Gasteiger partial charge in [0.25, 0.3) is 0 Å². The molecule has 0 unspecified atom stereocenters. The molecular weight excluding hydrogens is 220 g/mol. The van der Waals surface area contributed by atoms with E-state index >= 15 is 0 Å². The van der Waals surface area contributed by atoms with Gasteiger partial charge in [0.2, 0.25) is 0 Å². The van der Waals surface area contributed by atoms with Crippen molar-refractivity contribution in [1.82, 2.24) is 0 Å². The van der Waals surface area contributed by atoms with E-state index in [0.29, 0.717) is 0 Å². The van der Waals surface area contributed by atoms with Crippen molar-refractivity contribution in [3.05, 3.63) is 70.9 Å². The van der Waals surface area contributed by atoms with Gasteiger partial charge in [0.15, 0.2) is 5.43 Å². The van der Waals surface area contributed by atoms with Gasteiger partial charge in [-0.15, -0.1) is 0 Å². The van der Waals surface area contributed by atoms with Crippen LogP contribution in [-0.2, 0) is 0 Å². The van der Waals surface area contributed by atoms with Gasteiger partial charge >= 0.3 is 0 Å². The largest absolute Gasteiger partial charge is 0.290 e. The van der Waals surface area contributed by atoms with Gasteiger partial charge in [0.1, 0.15) is 0 Å². The summed E-state index contributed by atoms with van der Waals surface area (Å²) in [5, 5.41) is 2.50. The molecule has 1 heteroatoms. The first-order chi connectivity index (χ1) is 8.84. The van der Waals surface area contributed by atoms with Crippen molar-refractivity contribution >= 4 is 10.8 Å². The third-order valence-electron chi connectivity index (χ3n) is 3.59. The van der Waals surface area contributed by atoms with Crippen LogP contribution in [0.2, 0.25) is 0 Å². The van der Waals surface area contributed by atoms with Gasteiger partial charge in [-0.05, 0) is 45.2 Å². The SMILES string of the molecule is O=c1cccc2c(c1)-c1cccc3cccc-2c13. The van der Waals surface area contributed by atoms with Gasteiger partial charge in [-0.2, -0.15) is 0 Å². The second-order valence-electron chi connectivity index (χ2n) is 4.61. The molecule has 0 fully saturated rings. The fourth-order valence-corrected chi connectivity index (χ4v) is 2.84. The predicted octanol–water partition coefficient (Wildman–Crippen LogP) is 3.85. The lowest BCUT2D eigenvalue weighted by Gasteiger charge is -2.00. The summed E-state index contributed by atoms with van der Waals surface area (Å²) < 4.78 is 0. The number of hydrogen-bond acceptors (Lipinski definition) is 1. The van der Waals surface area contributed by atoms with Crippen molar-refractivity contribution in [3.8, 4) is 22.3 Å². The molecule has 0 bridgehead atoms. The zero-order chi connectivity index (χ0) is 12.1. The molecule has 4 rings (SSSR count). The molecule has 0 atom stereocenters. The van der Waals surface area contributed by atoms with Crippen LogP contribution in [0.5, 0.6) is 0 Å². The first kappa shape index (κ1) is 9.60. The third kappa shape index (κ3) is 1.13. The summed E-state index contributed by atoms with van der Waals surface area (Å²) in [5.41, 5.74) is 4.67. The van der Waals surface area contributed by atoms with Crippen LogP contribution in [0.3, 0.4) is 0 Å². The Kier molecular flexibility index (Phi) is 1.76. The molecule has 1 nitrogen and oxygen atoms in total. The maximum absolute atomic E-state index is 11.7. The summed E-state index contributed by atoms with van der Waals surface area (Å²) in [4.78, 5) is 11.7. The highest BCUT2D eigenvalue weighted by Gasteiger charge is 2.19. The molecule has 0 aliphatic heterocycles. The van der Waals surface area contributed by atoms with Gasteiger partial charge in [-0.25, -0.2) is 0 Å². The Balaban J connectivity index is 2.30. The van der Waals surface area contributed by atoms with Crippen LogP contribution < -0.4 is 5.43 Å². The summed E-state index contributed by atoms with van der Waals surface area (Å²) in [5.74, 6) is 0. The van der Waals surface area contributed by atoms with Gasteiger partial charge in [-0.3, -0.25) is 4.79 Å². The van der Waals surface area contributed by atoms with Crippen LogP contribution in [0.4, 0.5) is 0 Å². The molecular formula is C17H10O. The second-order valence-corrected chi connectivity index (χ2v) is 4.61. The molecule has 0 spiro atoms. The molecule has 0 saturated heterocycles. The quantitative estimate of drug-likeness (QED) is 0.448. The second kappa shape index (κ2) is 3.30. The Morgan fingerprint density at radius 3 is 2.00 bits per heavy atom. The van der Waals surface area contributed by atoms with E-state index in [0.717, 1.165) is 11.1 Å². The van der Waals surface area contributed by atoms with Gasteiger partial charge in [0, 0.05) is 0 Å². The number of fused-ring (bicyclic) bond motifs is 3. The van der Waals surface area contributed by atoms with Crippen molar-refractivity contribution in [2.45, 2.75) is 0 Å². The summed E-state index contributed by atoms with van der Waals surface area (Å²) >= 11 is 0. The molecule has 0 radical (unpaired) electrons. The summed E-state index contributed by atoms with van der Waals surface area (Å²) in [6, 6.07) is 19.8. The highest BCUT2D eigenvalue weighted by molar-refractivity contribution is 6.14. The van der Waals surface area contributed by atoms with Gasteiger partial charge in [-0.1, -0.05) is 48.5 Å². The Labute approximate surface area is 104 Å². The molecule has 1 aliphatic carbocycles. The number of benzene rings is 2. The lowest BCUT2D eigenvalue weighted by atomic mass is 10.0. The van der Waals surface area contributed by atoms with Crippen LogP contribution in [0, 0.1) is 0 Å². The Morgan fingerprint density at radius 1 is 0.611 bits per heavy atom. The molecule has 0 saturated carbocycles. The van der Waals surface area contributed by atoms with Crippen LogP contribution in [0.1, 0.15) is 0 Å². The minimum atomic E-state index is 0.0565. The maximum Gasteiger partial charge on any atom is 0.179 e. The lowest BCUT2D eigenvalue weighted by Crippen LogP contribution is -1.90. The van der Waals surface area contributed by atoms with E-state index < -0.39 is 0 Å². The molecule has 3 aromatic rings. The molecule has 0 amide bonds. The number of rotatable bonds is 0. The normalized spacial score (nSPS) is 11.6. The van der Waals surface area contributed by atoms with Crippen molar-refractivity contribution < 1.29 is 0 Å². The Morgan fingerprint density at radius 2 is 1.22 bits per heavy atom. The van der Waals surface area contributed by atoms with E-state index in [4.69, 9.17) is 0 Å². The zero-order valence-corrected chi connectivity index (χ0v) is 9.68. The Hall–Kier alpha value is -2.41. The molecule has 0 aromatic heterocycles. The lowest BCUT2D eigenvalue weighted by molar-refractivity contribution is 1.67. The van der Waals surface area contributed by atoms with Crippen LogP contribution in [-0.4, -0.2) is 0 Å². The zero-order valence-electron chi connectivity index (χ0n) is 9.68. The van der Waals surface area contributed by atoms with Crippen molar-refractivity contribution in [3.63, 3.8) is 0 Å². The maximum atomic E-state index is 11.7. The van der Waals surface area contributed by atoms with Crippen molar-refractivity contribution in [1.29, 1.82) is 0 Å². The van der Waals surface area contributed by atoms with E-state index in [9.17, 15) is 4.79 Å². The van der Waals surface area contributed by atoms with E-state index in [2.05, 4.69) is 30.3 Å². The van der Waals surface area contributed by atoms with Crippen LogP contribution in [0.15, 0.2) is 65.5 Å². The van der Waals surface area contributed by atoms with Crippen molar-refractivity contribution in [2.24, 2.45) is 0 Å². The van der Waals surface area contributed by atoms with Gasteiger partial charge < -0.3 is 0 Å². The summed E-state index contributed by atoms with van der Waals surface area (Å²) in [6.45, 7) is 0. The molecule has 84 valence electrons. The summed E-state index contributed by atoms with van der Waals surface area (Å²) in [6.07, 6.45) is 0. The minimum absolute atomic E-state index is 0.0565. The van der Waals surface area contributed by atoms with Crippen LogP contribution in [0.25, 0.3) is 33.0 Å². The van der Waals surface area contributed by atoms with Crippen LogP contribution >= 0.6 is 0 Å². The van der Waals surface area contributed by atoms with E-state index in [1.54, 1.807) is 12.1 Å². The molecule has 0 heterocycles. The smallest absolute Gasteiger partial charge is 0.179 e. The Bertz CT molecular complexity index is 842. The topological polar surface area (TPSA) is 17.1 Å². The fourth-order valence-electron chi connectivity index (χ4n) is 2.84. The van der Waals surface area contributed by atoms with E-state index in [1.807, 2.05) is 18.2 Å². The van der Waals surface area contributed by atoms with Crippen molar-refractivity contribution in [2.75, 3.05) is 0 Å². The molecule has 0 N–H and O–H groups in total. The molecule has 1 aliphatic rings. The monoisotopic (exact) mass is 230 g/mol. The number of hydrogen-bond donors (Lipinski definition) is 0. The standard InChI is InChI=1S/C17H10O/c18-12-6-3-7-13-14-8-1-4-11-5-2-9-15(17(11)14)16(13)10-12/h1-10H. The van der Waals surface area contributed by atoms with E-state index in [1.165, 1.54) is 21.9 Å². The summed E-state index contributed by atoms with van der Waals surface area (Å²) in [7, 11) is 0.